The molecular formula is C22H20N4O2. The molecule has 2 heterocycles. The smallest absolute Gasteiger partial charge is 0.277 e. The number of para-hydroxylation sites is 1. The molecule has 2 aromatic carbocycles. The first-order valence-corrected chi connectivity index (χ1v) is 9.14. The topological polar surface area (TPSA) is 75.2 Å². The number of aromatic nitrogens is 2. The Morgan fingerprint density at radius 2 is 1.89 bits per heavy atom. The molecule has 28 heavy (non-hydrogen) atoms. The molecule has 3 aromatic rings. The largest absolute Gasteiger partial charge is 0.340 e. The number of benzene rings is 2. The summed E-state index contributed by atoms with van der Waals surface area (Å²) in [5, 5.41) is 3.14. The van der Waals surface area contributed by atoms with Crippen molar-refractivity contribution in [3.63, 3.8) is 0 Å². The monoisotopic (exact) mass is 372 g/mol. The summed E-state index contributed by atoms with van der Waals surface area (Å²) in [6.07, 6.45) is 2.20. The Morgan fingerprint density at radius 3 is 2.71 bits per heavy atom. The number of hydrogen-bond donors (Lipinski definition) is 1. The molecule has 0 spiro atoms. The molecule has 6 heteroatoms. The highest BCUT2D eigenvalue weighted by Crippen LogP contribution is 2.33. The van der Waals surface area contributed by atoms with Crippen molar-refractivity contribution in [1.29, 1.82) is 0 Å². The minimum Gasteiger partial charge on any atom is -0.340 e. The van der Waals surface area contributed by atoms with E-state index >= 15 is 0 Å². The predicted octanol–water partition coefficient (Wildman–Crippen LogP) is 4.01. The summed E-state index contributed by atoms with van der Waals surface area (Å²) in [5.74, 6) is 0.337. The maximum Gasteiger partial charge on any atom is 0.277 e. The molecule has 1 atom stereocenters. The van der Waals surface area contributed by atoms with Crippen LogP contribution in [0.25, 0.3) is 0 Å². The van der Waals surface area contributed by atoms with Gasteiger partial charge in [0, 0.05) is 29.0 Å². The van der Waals surface area contributed by atoms with Crippen molar-refractivity contribution >= 4 is 28.9 Å². The van der Waals surface area contributed by atoms with E-state index in [1.54, 1.807) is 29.2 Å². The van der Waals surface area contributed by atoms with Gasteiger partial charge in [-0.2, -0.15) is 0 Å². The molecule has 1 unspecified atom stereocenters. The average Bonchev–Trinajstić information content (AvgIpc) is 3.03. The van der Waals surface area contributed by atoms with Crippen molar-refractivity contribution < 1.29 is 9.59 Å². The number of fused-ring (bicyclic) bond motifs is 1. The Bertz CT molecular complexity index is 1060. The summed E-state index contributed by atoms with van der Waals surface area (Å²) in [6.45, 7) is 3.56. The number of ketones is 1. The van der Waals surface area contributed by atoms with Gasteiger partial charge in [0.25, 0.3) is 5.91 Å². The summed E-state index contributed by atoms with van der Waals surface area (Å²) in [6, 6.07) is 16.8. The lowest BCUT2D eigenvalue weighted by molar-refractivity contribution is 0.0975. The molecule has 1 aliphatic rings. The molecule has 1 N–H and O–H groups in total. The maximum absolute atomic E-state index is 13.1. The second-order valence-corrected chi connectivity index (χ2v) is 6.91. The van der Waals surface area contributed by atoms with Crippen molar-refractivity contribution in [2.45, 2.75) is 26.3 Å². The van der Waals surface area contributed by atoms with Gasteiger partial charge in [0.1, 0.15) is 17.8 Å². The zero-order valence-corrected chi connectivity index (χ0v) is 15.7. The van der Waals surface area contributed by atoms with Crippen LogP contribution in [0.15, 0.2) is 60.9 Å². The van der Waals surface area contributed by atoms with E-state index in [4.69, 9.17) is 0 Å². The Balaban J connectivity index is 1.60. The molecule has 0 bridgehead atoms. The number of rotatable bonds is 4. The number of carbonyl (C=O) groups is 2. The van der Waals surface area contributed by atoms with Crippen molar-refractivity contribution in [2.75, 3.05) is 10.2 Å². The van der Waals surface area contributed by atoms with Gasteiger partial charge < -0.3 is 10.2 Å². The summed E-state index contributed by atoms with van der Waals surface area (Å²) in [7, 11) is 0. The van der Waals surface area contributed by atoms with E-state index in [9.17, 15) is 9.59 Å². The van der Waals surface area contributed by atoms with E-state index in [1.165, 1.54) is 13.3 Å². The Kier molecular flexibility index (Phi) is 4.61. The van der Waals surface area contributed by atoms with Crippen molar-refractivity contribution in [2.24, 2.45) is 0 Å². The zero-order chi connectivity index (χ0) is 19.7. The molecular weight excluding hydrogens is 352 g/mol. The highest BCUT2D eigenvalue weighted by Gasteiger charge is 2.31. The van der Waals surface area contributed by atoms with Crippen LogP contribution >= 0.6 is 0 Å². The van der Waals surface area contributed by atoms with Crippen LogP contribution in [-0.2, 0) is 6.42 Å². The summed E-state index contributed by atoms with van der Waals surface area (Å²) in [4.78, 5) is 34.9. The molecule has 0 saturated heterocycles. The second-order valence-electron chi connectivity index (χ2n) is 6.91. The Morgan fingerprint density at radius 1 is 1.07 bits per heavy atom. The van der Waals surface area contributed by atoms with Crippen LogP contribution in [0.1, 0.15) is 40.3 Å². The third kappa shape index (κ3) is 3.36. The van der Waals surface area contributed by atoms with Crippen molar-refractivity contribution in [3.05, 3.63) is 77.7 Å². The van der Waals surface area contributed by atoms with Gasteiger partial charge in [0.15, 0.2) is 5.78 Å². The second kappa shape index (κ2) is 7.23. The molecule has 4 rings (SSSR count). The molecule has 0 fully saturated rings. The normalized spacial score (nSPS) is 15.2. The Labute approximate surface area is 163 Å². The summed E-state index contributed by atoms with van der Waals surface area (Å²) >= 11 is 0. The zero-order valence-electron chi connectivity index (χ0n) is 15.7. The van der Waals surface area contributed by atoms with Gasteiger partial charge in [-0.25, -0.2) is 9.97 Å². The number of amides is 1. The summed E-state index contributed by atoms with van der Waals surface area (Å²) < 4.78 is 0. The molecule has 1 aliphatic heterocycles. The fourth-order valence-electron chi connectivity index (χ4n) is 3.50. The molecule has 1 amide bonds. The fourth-order valence-corrected chi connectivity index (χ4v) is 3.50. The van der Waals surface area contributed by atoms with Gasteiger partial charge >= 0.3 is 0 Å². The maximum atomic E-state index is 13.1. The number of anilines is 3. The minimum atomic E-state index is -0.152. The van der Waals surface area contributed by atoms with Gasteiger partial charge in [0.2, 0.25) is 0 Å². The first-order valence-electron chi connectivity index (χ1n) is 9.14. The van der Waals surface area contributed by atoms with Gasteiger partial charge in [-0.15, -0.1) is 0 Å². The molecule has 0 aliphatic carbocycles. The number of nitrogens with zero attached hydrogens (tertiary/aromatic N) is 3. The SMILES string of the molecule is CC(=O)c1cccc(Nc2cc(C(=O)N3c4ccccc4CC3C)ncn2)c1. The molecule has 1 aromatic heterocycles. The highest BCUT2D eigenvalue weighted by atomic mass is 16.2. The fraction of sp³-hybridized carbons (Fsp3) is 0.182. The molecule has 140 valence electrons. The number of carbonyl (C=O) groups excluding carboxylic acids is 2. The minimum absolute atomic E-state index is 0.0103. The number of hydrogen-bond acceptors (Lipinski definition) is 5. The van der Waals surface area contributed by atoms with E-state index in [-0.39, 0.29) is 17.7 Å². The van der Waals surface area contributed by atoms with Crippen LogP contribution in [0, 0.1) is 0 Å². The lowest BCUT2D eigenvalue weighted by Gasteiger charge is -2.22. The van der Waals surface area contributed by atoms with Crippen molar-refractivity contribution in [1.82, 2.24) is 9.97 Å². The summed E-state index contributed by atoms with van der Waals surface area (Å²) in [5.41, 5.74) is 3.75. The van der Waals surface area contributed by atoms with Gasteiger partial charge in [0.05, 0.1) is 0 Å². The van der Waals surface area contributed by atoms with Gasteiger partial charge in [-0.3, -0.25) is 9.59 Å². The molecule has 0 radical (unpaired) electrons. The van der Waals surface area contributed by atoms with Gasteiger partial charge in [-0.05, 0) is 44.0 Å². The third-order valence-electron chi connectivity index (χ3n) is 4.85. The van der Waals surface area contributed by atoms with Crippen molar-refractivity contribution in [3.8, 4) is 0 Å². The van der Waals surface area contributed by atoms with Crippen LogP contribution in [-0.4, -0.2) is 27.7 Å². The van der Waals surface area contributed by atoms with Crippen LogP contribution in [0.4, 0.5) is 17.2 Å². The van der Waals surface area contributed by atoms with E-state index < -0.39 is 0 Å². The molecule has 6 nitrogen and oxygen atoms in total. The predicted molar refractivity (Wildman–Crippen MR) is 108 cm³/mol. The van der Waals surface area contributed by atoms with Crippen LogP contribution in [0.3, 0.4) is 0 Å². The van der Waals surface area contributed by atoms with E-state index in [0.29, 0.717) is 17.1 Å². The number of Topliss-reactive ketones (excluding diaryl/α,β-unsaturated/α-hetero) is 1. The van der Waals surface area contributed by atoms with E-state index in [1.807, 2.05) is 37.3 Å². The van der Waals surface area contributed by atoms with E-state index in [2.05, 4.69) is 15.3 Å². The average molecular weight is 372 g/mol. The Hall–Kier alpha value is -3.54. The third-order valence-corrected chi connectivity index (χ3v) is 4.85. The first kappa shape index (κ1) is 17.9. The van der Waals surface area contributed by atoms with Crippen LogP contribution in [0.2, 0.25) is 0 Å². The van der Waals surface area contributed by atoms with Crippen LogP contribution < -0.4 is 10.2 Å². The lowest BCUT2D eigenvalue weighted by atomic mass is 10.1. The quantitative estimate of drug-likeness (QED) is 0.700. The highest BCUT2D eigenvalue weighted by molar-refractivity contribution is 6.06. The first-order chi connectivity index (χ1) is 13.5. The van der Waals surface area contributed by atoms with Crippen LogP contribution in [0.5, 0.6) is 0 Å². The lowest BCUT2D eigenvalue weighted by Crippen LogP contribution is -2.36. The van der Waals surface area contributed by atoms with E-state index in [0.717, 1.165) is 23.4 Å². The molecule has 0 saturated carbocycles. The van der Waals surface area contributed by atoms with Gasteiger partial charge in [-0.1, -0.05) is 30.3 Å². The number of nitrogens with one attached hydrogen (secondary N) is 1. The standard InChI is InChI=1S/C22H20N4O2/c1-14-10-17-6-3-4-9-20(17)26(14)22(28)19-12-21(24-13-23-19)25-18-8-5-7-16(11-18)15(2)27/h3-9,11-14H,10H2,1-2H3,(H,23,24,25).